The van der Waals surface area contributed by atoms with Gasteiger partial charge in [-0.3, -0.25) is 38.4 Å². The number of amides is 1. The number of ketones is 2. The van der Waals surface area contributed by atoms with Crippen molar-refractivity contribution in [3.05, 3.63) is 47.6 Å². The minimum absolute atomic E-state index is 0.143. The summed E-state index contributed by atoms with van der Waals surface area (Å²) in [4.78, 5) is 98.6. The van der Waals surface area contributed by atoms with Gasteiger partial charge >= 0.3 is 29.8 Å². The number of allylic oxidation sites excluding steroid dienone is 4. The van der Waals surface area contributed by atoms with Gasteiger partial charge in [0.1, 0.15) is 23.7 Å². The quantitative estimate of drug-likeness (QED) is 0.133. The maximum atomic E-state index is 13.9. The van der Waals surface area contributed by atoms with Gasteiger partial charge in [0.2, 0.25) is 5.78 Å². The zero-order chi connectivity index (χ0) is 35.5. The summed E-state index contributed by atoms with van der Waals surface area (Å²) in [5.74, 6) is -8.42. The van der Waals surface area contributed by atoms with Gasteiger partial charge in [0, 0.05) is 19.8 Å². The molecule has 1 aliphatic carbocycles. The van der Waals surface area contributed by atoms with Gasteiger partial charge in [-0.15, -0.1) is 0 Å². The van der Waals surface area contributed by atoms with Gasteiger partial charge in [-0.25, -0.2) is 0 Å². The highest BCUT2D eigenvalue weighted by Crippen LogP contribution is 2.38. The van der Waals surface area contributed by atoms with Crippen molar-refractivity contribution in [1.29, 1.82) is 0 Å². The normalized spacial score (nSPS) is 30.2. The van der Waals surface area contributed by atoms with Crippen LogP contribution in [0.15, 0.2) is 47.6 Å². The molecular weight excluding hydrogens is 618 g/mol. The number of carboxylic acids is 2. The van der Waals surface area contributed by atoms with E-state index in [0.29, 0.717) is 11.1 Å². The summed E-state index contributed by atoms with van der Waals surface area (Å²) >= 11 is 0. The summed E-state index contributed by atoms with van der Waals surface area (Å²) in [6.07, 6.45) is 4.55. The number of esters is 3. The Balaban J connectivity index is 2.63. The first-order chi connectivity index (χ1) is 21.9. The maximum absolute atomic E-state index is 13.9. The van der Waals surface area contributed by atoms with Crippen molar-refractivity contribution in [2.24, 2.45) is 11.3 Å². The third-order valence-electron chi connectivity index (χ3n) is 7.76. The van der Waals surface area contributed by atoms with E-state index in [0.717, 1.165) is 6.92 Å². The number of rotatable bonds is 10. The number of hydrogen-bond acceptors (Lipinski definition) is 11. The summed E-state index contributed by atoms with van der Waals surface area (Å²) < 4.78 is 16.7. The third kappa shape index (κ3) is 11.5. The van der Waals surface area contributed by atoms with E-state index in [1.54, 1.807) is 26.0 Å². The highest BCUT2D eigenvalue weighted by Gasteiger charge is 2.56. The SMILES string of the molecule is CC(=O)C(=O)NC1/C=C(C)/C=C/C(OC(=O)CCC(=O)O)C/C=C(C)/C=C/C(OC(=O)CCC(=O)O)CC2OC(=O)C1(C)C(=O)C2C. The van der Waals surface area contributed by atoms with Crippen LogP contribution >= 0.6 is 0 Å². The summed E-state index contributed by atoms with van der Waals surface area (Å²) in [6.45, 7) is 7.15. The molecule has 0 radical (unpaired) electrons. The van der Waals surface area contributed by atoms with Crippen molar-refractivity contribution in [3.63, 3.8) is 0 Å². The molecule has 2 heterocycles. The molecule has 0 aromatic rings. The number of fused-ring (bicyclic) bond motifs is 10. The molecule has 0 aromatic carbocycles. The summed E-state index contributed by atoms with van der Waals surface area (Å²) in [5.41, 5.74) is -0.924. The molecule has 6 atom stereocenters. The molecule has 1 saturated heterocycles. The van der Waals surface area contributed by atoms with E-state index in [4.69, 9.17) is 24.4 Å². The van der Waals surface area contributed by atoms with Gasteiger partial charge in [0.25, 0.3) is 5.91 Å². The third-order valence-corrected chi connectivity index (χ3v) is 7.76. The second-order valence-corrected chi connectivity index (χ2v) is 11.7. The molecule has 47 heavy (non-hydrogen) atoms. The molecule has 2 bridgehead atoms. The minimum Gasteiger partial charge on any atom is -0.481 e. The lowest BCUT2D eigenvalue weighted by molar-refractivity contribution is -0.182. The minimum atomic E-state index is -1.98. The molecule has 0 aromatic heterocycles. The fraction of sp³-hybridized carbons (Fsp3) is 0.515. The number of carbonyl (C=O) groups excluding carboxylic acids is 6. The van der Waals surface area contributed by atoms with Gasteiger partial charge in [-0.1, -0.05) is 42.4 Å². The largest absolute Gasteiger partial charge is 0.481 e. The Morgan fingerprint density at radius 1 is 0.894 bits per heavy atom. The van der Waals surface area contributed by atoms with E-state index in [1.165, 1.54) is 38.2 Å². The summed E-state index contributed by atoms with van der Waals surface area (Å²) in [7, 11) is 0. The van der Waals surface area contributed by atoms with Crippen LogP contribution in [0.25, 0.3) is 0 Å². The van der Waals surface area contributed by atoms with Crippen molar-refractivity contribution in [2.75, 3.05) is 0 Å². The molecular formula is C33H41NO13. The van der Waals surface area contributed by atoms with E-state index in [-0.39, 0.29) is 19.3 Å². The lowest BCUT2D eigenvalue weighted by Gasteiger charge is -2.42. The zero-order valence-corrected chi connectivity index (χ0v) is 27.0. The number of hydrogen-bond donors (Lipinski definition) is 3. The van der Waals surface area contributed by atoms with Crippen molar-refractivity contribution >= 4 is 47.3 Å². The fourth-order valence-electron chi connectivity index (χ4n) is 4.87. The molecule has 0 saturated carbocycles. The van der Waals surface area contributed by atoms with Crippen LogP contribution in [0.4, 0.5) is 0 Å². The molecule has 14 heteroatoms. The Labute approximate surface area is 271 Å². The maximum Gasteiger partial charge on any atom is 0.322 e. The monoisotopic (exact) mass is 659 g/mol. The Bertz CT molecular complexity index is 1400. The average Bonchev–Trinajstić information content (AvgIpc) is 2.99. The van der Waals surface area contributed by atoms with Gasteiger partial charge in [0.15, 0.2) is 5.78 Å². The molecule has 1 amide bonds. The molecule has 2 aliphatic heterocycles. The number of ether oxygens (including phenoxy) is 3. The Morgan fingerprint density at radius 2 is 1.43 bits per heavy atom. The highest BCUT2D eigenvalue weighted by molar-refractivity contribution is 6.35. The van der Waals surface area contributed by atoms with Crippen LogP contribution < -0.4 is 5.32 Å². The van der Waals surface area contributed by atoms with E-state index in [9.17, 15) is 38.4 Å². The molecule has 14 nitrogen and oxygen atoms in total. The van der Waals surface area contributed by atoms with Crippen LogP contribution in [-0.2, 0) is 52.6 Å². The number of carbonyl (C=O) groups is 8. The van der Waals surface area contributed by atoms with Crippen molar-refractivity contribution < 1.29 is 62.8 Å². The van der Waals surface area contributed by atoms with Crippen molar-refractivity contribution in [2.45, 2.75) is 97.5 Å². The topological polar surface area (TPSA) is 217 Å². The van der Waals surface area contributed by atoms with Gasteiger partial charge in [-0.2, -0.15) is 0 Å². The van der Waals surface area contributed by atoms with Gasteiger partial charge in [0.05, 0.1) is 37.6 Å². The number of nitrogens with one attached hydrogen (secondary N) is 1. The van der Waals surface area contributed by atoms with Crippen LogP contribution in [0.2, 0.25) is 0 Å². The van der Waals surface area contributed by atoms with E-state index in [2.05, 4.69) is 5.32 Å². The van der Waals surface area contributed by atoms with Crippen LogP contribution in [0.1, 0.15) is 73.1 Å². The smallest absolute Gasteiger partial charge is 0.322 e. The fourth-order valence-corrected chi connectivity index (χ4v) is 4.87. The zero-order valence-electron chi connectivity index (χ0n) is 27.0. The molecule has 3 aliphatic rings. The second kappa shape index (κ2) is 17.2. The molecule has 0 spiro atoms. The number of aliphatic carboxylic acids is 2. The van der Waals surface area contributed by atoms with Crippen LogP contribution in [0.5, 0.6) is 0 Å². The first kappa shape index (κ1) is 38.3. The number of carboxylic acid groups (broad SMARTS) is 2. The first-order valence-corrected chi connectivity index (χ1v) is 15.0. The molecule has 1 fully saturated rings. The lowest BCUT2D eigenvalue weighted by atomic mass is 9.69. The van der Waals surface area contributed by atoms with Crippen molar-refractivity contribution in [3.8, 4) is 0 Å². The summed E-state index contributed by atoms with van der Waals surface area (Å²) in [5, 5.41) is 20.3. The van der Waals surface area contributed by atoms with Gasteiger partial charge < -0.3 is 29.7 Å². The second-order valence-electron chi connectivity index (χ2n) is 11.7. The standard InChI is InChI=1S/C33H41NO13/c1-18-6-9-22(45-28(40)14-12-26(36)37)10-8-19(2)16-25(34-31(43)21(4)35)33(5)30(42)20(3)24(47-32(33)44)17-23(11-7-18)46-29(41)15-13-27(38)39/h6-8,10-11,16,20,22-25H,9,12-15,17H2,1-5H3,(H,34,43)(H,36,37)(H,38,39)/b10-8+,11-7+,18-6+,19-16+. The van der Waals surface area contributed by atoms with E-state index in [1.807, 2.05) is 0 Å². The van der Waals surface area contributed by atoms with Crippen molar-refractivity contribution in [1.82, 2.24) is 5.32 Å². The van der Waals surface area contributed by atoms with Crippen LogP contribution in [0.3, 0.4) is 0 Å². The molecule has 3 rings (SSSR count). The summed E-state index contributed by atoms with van der Waals surface area (Å²) in [6, 6.07) is -1.34. The van der Waals surface area contributed by atoms with E-state index < -0.39 is 102 Å². The first-order valence-electron chi connectivity index (χ1n) is 15.0. The predicted molar refractivity (Wildman–Crippen MR) is 163 cm³/mol. The average molecular weight is 660 g/mol. The Morgan fingerprint density at radius 3 is 1.98 bits per heavy atom. The highest BCUT2D eigenvalue weighted by atomic mass is 16.6. The Hall–Kier alpha value is -4.88. The van der Waals surface area contributed by atoms with E-state index >= 15 is 0 Å². The predicted octanol–water partition coefficient (Wildman–Crippen LogP) is 2.55. The molecule has 6 unspecified atom stereocenters. The van der Waals surface area contributed by atoms with Crippen LogP contribution in [0, 0.1) is 11.3 Å². The molecule has 3 N–H and O–H groups in total. The Kier molecular flexibility index (Phi) is 14.0. The molecule has 256 valence electrons. The number of Topliss-reactive ketones (excluding diaryl/α,β-unsaturated/α-hetero) is 2. The lowest BCUT2D eigenvalue weighted by Crippen LogP contribution is -2.61. The van der Waals surface area contributed by atoms with Gasteiger partial charge in [-0.05, 0) is 32.9 Å². The van der Waals surface area contributed by atoms with Crippen LogP contribution in [-0.4, -0.2) is 81.9 Å².